The highest BCUT2D eigenvalue weighted by Gasteiger charge is 2.18. The van der Waals surface area contributed by atoms with E-state index < -0.39 is 0 Å². The molecule has 2 nitrogen and oxygen atoms in total. The van der Waals surface area contributed by atoms with Gasteiger partial charge in [-0.25, -0.2) is 0 Å². The first-order valence-corrected chi connectivity index (χ1v) is 17.3. The molecule has 11 aromatic rings. The fourth-order valence-corrected chi connectivity index (χ4v) is 8.45. The zero-order valence-corrected chi connectivity index (χ0v) is 27.2. The van der Waals surface area contributed by atoms with E-state index in [2.05, 4.69) is 191 Å². The van der Waals surface area contributed by atoms with E-state index in [0.717, 1.165) is 5.69 Å². The molecule has 2 heteroatoms. The number of para-hydroxylation sites is 3. The molecular formula is C48H30N2. The Balaban J connectivity index is 1.11. The molecule has 9 aromatic carbocycles. The van der Waals surface area contributed by atoms with Gasteiger partial charge in [0.25, 0.3) is 0 Å². The molecule has 0 spiro atoms. The van der Waals surface area contributed by atoms with Gasteiger partial charge in [0.1, 0.15) is 0 Å². The van der Waals surface area contributed by atoms with Crippen molar-refractivity contribution >= 4 is 75.9 Å². The molecule has 0 atom stereocenters. The van der Waals surface area contributed by atoms with Crippen molar-refractivity contribution in [1.29, 1.82) is 0 Å². The third-order valence-electron chi connectivity index (χ3n) is 10.7. The lowest BCUT2D eigenvalue weighted by molar-refractivity contribution is 1.16. The van der Waals surface area contributed by atoms with E-state index in [1.54, 1.807) is 0 Å². The molecule has 232 valence electrons. The van der Waals surface area contributed by atoms with Crippen LogP contribution in [-0.2, 0) is 0 Å². The first kappa shape index (κ1) is 27.3. The highest BCUT2D eigenvalue weighted by Crippen LogP contribution is 2.41. The van der Waals surface area contributed by atoms with E-state index in [1.165, 1.54) is 92.7 Å². The van der Waals surface area contributed by atoms with Crippen molar-refractivity contribution < 1.29 is 0 Å². The number of aromatic nitrogens is 2. The molecule has 0 saturated carbocycles. The molecule has 0 aliphatic heterocycles. The first-order chi connectivity index (χ1) is 24.8. The van der Waals surface area contributed by atoms with Gasteiger partial charge in [0, 0.05) is 32.9 Å². The maximum atomic E-state index is 2.43. The van der Waals surface area contributed by atoms with Crippen LogP contribution in [0.15, 0.2) is 182 Å². The summed E-state index contributed by atoms with van der Waals surface area (Å²) in [7, 11) is 0. The molecule has 0 fully saturated rings. The third kappa shape index (κ3) is 3.85. The second-order valence-electron chi connectivity index (χ2n) is 13.3. The lowest BCUT2D eigenvalue weighted by atomic mass is 9.92. The highest BCUT2D eigenvalue weighted by molar-refractivity contribution is 6.26. The van der Waals surface area contributed by atoms with Gasteiger partial charge in [-0.3, -0.25) is 0 Å². The summed E-state index contributed by atoms with van der Waals surface area (Å²) in [4.78, 5) is 0. The minimum Gasteiger partial charge on any atom is -0.309 e. The van der Waals surface area contributed by atoms with Gasteiger partial charge in [0.2, 0.25) is 0 Å². The Labute approximate surface area is 288 Å². The SMILES string of the molecule is c1ccc(-n2c3ccccc3c3cc4c5ccccc5n(-c5ccc(-c6ccc7c8ccccc8c8ccccc8c7c6)cc5)c4cc32)cc1. The summed E-state index contributed by atoms with van der Waals surface area (Å²) in [5, 5.41) is 12.9. The lowest BCUT2D eigenvalue weighted by Crippen LogP contribution is -1.95. The maximum absolute atomic E-state index is 2.43. The largest absolute Gasteiger partial charge is 0.309 e. The first-order valence-electron chi connectivity index (χ1n) is 17.3. The van der Waals surface area contributed by atoms with Crippen molar-refractivity contribution in [3.63, 3.8) is 0 Å². The van der Waals surface area contributed by atoms with Crippen LogP contribution in [0.25, 0.3) is 98.4 Å². The molecule has 0 amide bonds. The number of hydrogen-bond acceptors (Lipinski definition) is 0. The lowest BCUT2D eigenvalue weighted by Gasteiger charge is -2.13. The predicted molar refractivity (Wildman–Crippen MR) is 213 cm³/mol. The normalized spacial score (nSPS) is 12.0. The van der Waals surface area contributed by atoms with Gasteiger partial charge in [0.15, 0.2) is 0 Å². The number of fused-ring (bicyclic) bond motifs is 12. The van der Waals surface area contributed by atoms with Crippen LogP contribution in [0.5, 0.6) is 0 Å². The standard InChI is InChI=1S/C48H30N2/c1-2-12-33(13-3-1)49-45-20-10-8-18-40(45)43-29-44-41-19-9-11-21-46(41)50(48(44)30-47(43)49)34-25-22-31(23-26-34)32-24-27-39-37-16-5-4-14-35(37)36-15-6-7-17-38(36)42(39)28-32/h1-30H. The Hall–Kier alpha value is -6.64. The van der Waals surface area contributed by atoms with Crippen LogP contribution in [0, 0.1) is 0 Å². The van der Waals surface area contributed by atoms with E-state index >= 15 is 0 Å². The summed E-state index contributed by atoms with van der Waals surface area (Å²) in [6.07, 6.45) is 0. The Morgan fingerprint density at radius 3 is 1.20 bits per heavy atom. The Morgan fingerprint density at radius 2 is 0.640 bits per heavy atom. The monoisotopic (exact) mass is 634 g/mol. The Morgan fingerprint density at radius 1 is 0.220 bits per heavy atom. The predicted octanol–water partition coefficient (Wildman–Crippen LogP) is 13.0. The molecule has 50 heavy (non-hydrogen) atoms. The van der Waals surface area contributed by atoms with Gasteiger partial charge in [-0.1, -0.05) is 127 Å². The van der Waals surface area contributed by atoms with E-state index in [9.17, 15) is 0 Å². The van der Waals surface area contributed by atoms with Crippen molar-refractivity contribution in [2.24, 2.45) is 0 Å². The molecule has 2 heterocycles. The summed E-state index contributed by atoms with van der Waals surface area (Å²) in [5.41, 5.74) is 9.60. The summed E-state index contributed by atoms with van der Waals surface area (Å²) in [5.74, 6) is 0. The van der Waals surface area contributed by atoms with Gasteiger partial charge in [-0.05, 0) is 98.0 Å². The van der Waals surface area contributed by atoms with E-state index in [4.69, 9.17) is 0 Å². The van der Waals surface area contributed by atoms with Gasteiger partial charge < -0.3 is 9.13 Å². The molecular weight excluding hydrogens is 605 g/mol. The molecule has 0 bridgehead atoms. The van der Waals surface area contributed by atoms with Gasteiger partial charge in [-0.2, -0.15) is 0 Å². The third-order valence-corrected chi connectivity index (χ3v) is 10.7. The second kappa shape index (κ2) is 10.4. The van der Waals surface area contributed by atoms with Crippen molar-refractivity contribution in [2.45, 2.75) is 0 Å². The zero-order chi connectivity index (χ0) is 32.8. The number of benzene rings is 9. The molecule has 11 rings (SSSR count). The van der Waals surface area contributed by atoms with Crippen molar-refractivity contribution in [3.8, 4) is 22.5 Å². The number of rotatable bonds is 3. The summed E-state index contributed by atoms with van der Waals surface area (Å²) >= 11 is 0. The molecule has 0 aliphatic carbocycles. The molecule has 0 N–H and O–H groups in total. The highest BCUT2D eigenvalue weighted by atomic mass is 15.0. The van der Waals surface area contributed by atoms with Crippen LogP contribution < -0.4 is 0 Å². The topological polar surface area (TPSA) is 9.86 Å². The summed E-state index contributed by atoms with van der Waals surface area (Å²) < 4.78 is 4.84. The van der Waals surface area contributed by atoms with E-state index in [0.29, 0.717) is 0 Å². The Kier molecular flexibility index (Phi) is 5.70. The molecule has 0 aliphatic rings. The molecule has 0 unspecified atom stereocenters. The van der Waals surface area contributed by atoms with E-state index in [-0.39, 0.29) is 0 Å². The minimum absolute atomic E-state index is 1.15. The average molecular weight is 635 g/mol. The van der Waals surface area contributed by atoms with Crippen LogP contribution in [0.1, 0.15) is 0 Å². The van der Waals surface area contributed by atoms with Gasteiger partial charge >= 0.3 is 0 Å². The minimum atomic E-state index is 1.15. The van der Waals surface area contributed by atoms with Crippen LogP contribution in [0.3, 0.4) is 0 Å². The smallest absolute Gasteiger partial charge is 0.0562 e. The van der Waals surface area contributed by atoms with Crippen LogP contribution in [0.4, 0.5) is 0 Å². The zero-order valence-electron chi connectivity index (χ0n) is 27.2. The van der Waals surface area contributed by atoms with Crippen LogP contribution in [-0.4, -0.2) is 9.13 Å². The fourth-order valence-electron chi connectivity index (χ4n) is 8.45. The number of hydrogen-bond donors (Lipinski definition) is 0. The summed E-state index contributed by atoms with van der Waals surface area (Å²) in [6.45, 7) is 0. The van der Waals surface area contributed by atoms with Crippen molar-refractivity contribution in [2.75, 3.05) is 0 Å². The molecule has 0 radical (unpaired) electrons. The average Bonchev–Trinajstić information content (AvgIpc) is 3.69. The Bertz CT molecular complexity index is 3090. The summed E-state index contributed by atoms with van der Waals surface area (Å²) in [6, 6.07) is 66.7. The maximum Gasteiger partial charge on any atom is 0.0562 e. The van der Waals surface area contributed by atoms with Crippen LogP contribution in [0.2, 0.25) is 0 Å². The van der Waals surface area contributed by atoms with Crippen LogP contribution >= 0.6 is 0 Å². The van der Waals surface area contributed by atoms with E-state index in [1.807, 2.05) is 0 Å². The molecule has 0 saturated heterocycles. The van der Waals surface area contributed by atoms with Crippen molar-refractivity contribution in [3.05, 3.63) is 182 Å². The second-order valence-corrected chi connectivity index (χ2v) is 13.3. The quantitative estimate of drug-likeness (QED) is 0.171. The van der Waals surface area contributed by atoms with Gasteiger partial charge in [-0.15, -0.1) is 0 Å². The molecule has 2 aromatic heterocycles. The fraction of sp³-hybridized carbons (Fsp3) is 0. The van der Waals surface area contributed by atoms with Gasteiger partial charge in [0.05, 0.1) is 22.1 Å². The number of nitrogens with zero attached hydrogens (tertiary/aromatic N) is 2. The van der Waals surface area contributed by atoms with Crippen molar-refractivity contribution in [1.82, 2.24) is 9.13 Å².